The fraction of sp³-hybridized carbons (Fsp3) is 0.143. The van der Waals surface area contributed by atoms with Gasteiger partial charge in [0.15, 0.2) is 23.9 Å². The van der Waals surface area contributed by atoms with Gasteiger partial charge in [0.2, 0.25) is 6.79 Å². The van der Waals surface area contributed by atoms with E-state index in [4.69, 9.17) is 23.6 Å². The maximum absolute atomic E-state index is 13.2. The van der Waals surface area contributed by atoms with Crippen LogP contribution in [-0.4, -0.2) is 36.2 Å². The molecule has 0 bridgehead atoms. The first-order valence-electron chi connectivity index (χ1n) is 11.6. The lowest BCUT2D eigenvalue weighted by molar-refractivity contribution is -0.123. The molecular weight excluding hydrogens is 476 g/mol. The minimum Gasteiger partial charge on any atom is -0.459 e. The van der Waals surface area contributed by atoms with E-state index in [1.165, 1.54) is 18.4 Å². The van der Waals surface area contributed by atoms with Gasteiger partial charge in [0, 0.05) is 5.39 Å². The summed E-state index contributed by atoms with van der Waals surface area (Å²) in [6.45, 7) is -0.414. The van der Waals surface area contributed by atoms with Crippen molar-refractivity contribution < 1.29 is 33.0 Å². The standard InChI is InChI=1S/C28H20N2O7/c31-24(30-27(32)22-6-3-11-34-22)14-35-28(33)25-18-4-1-2-5-20(18)29-26-17(8-9-19(25)26)12-16-7-10-21-23(13-16)37-15-36-21/h1-7,10-13H,8-9,14-15H2,(H,30,31,32)/b17-12+. The van der Waals surface area contributed by atoms with Crippen LogP contribution in [0.1, 0.15) is 44.2 Å². The summed E-state index contributed by atoms with van der Waals surface area (Å²) >= 11 is 0. The number of para-hydroxylation sites is 1. The summed E-state index contributed by atoms with van der Waals surface area (Å²) in [5.74, 6) is -0.739. The van der Waals surface area contributed by atoms with Gasteiger partial charge in [-0.2, -0.15) is 0 Å². The average molecular weight is 496 g/mol. The first-order chi connectivity index (χ1) is 18.1. The third kappa shape index (κ3) is 4.31. The number of aromatic nitrogens is 1. The van der Waals surface area contributed by atoms with Crippen molar-refractivity contribution in [1.29, 1.82) is 0 Å². The molecule has 3 heterocycles. The number of allylic oxidation sites excluding steroid dienone is 1. The highest BCUT2D eigenvalue weighted by atomic mass is 16.7. The molecule has 0 unspecified atom stereocenters. The molecule has 0 spiro atoms. The van der Waals surface area contributed by atoms with Gasteiger partial charge in [0.05, 0.1) is 23.0 Å². The third-order valence-corrected chi connectivity index (χ3v) is 6.22. The average Bonchev–Trinajstić information content (AvgIpc) is 3.67. The predicted molar refractivity (Wildman–Crippen MR) is 132 cm³/mol. The zero-order valence-corrected chi connectivity index (χ0v) is 19.5. The van der Waals surface area contributed by atoms with Crippen LogP contribution in [0.4, 0.5) is 0 Å². The van der Waals surface area contributed by atoms with Gasteiger partial charge in [0.25, 0.3) is 11.8 Å². The molecule has 9 heteroatoms. The van der Waals surface area contributed by atoms with Crippen molar-refractivity contribution in [2.24, 2.45) is 0 Å². The second-order valence-electron chi connectivity index (χ2n) is 8.54. The number of nitrogens with zero attached hydrogens (tertiary/aromatic N) is 1. The van der Waals surface area contributed by atoms with Crippen molar-refractivity contribution in [2.75, 3.05) is 13.4 Å². The van der Waals surface area contributed by atoms with Crippen LogP contribution >= 0.6 is 0 Å². The number of nitrogens with one attached hydrogen (secondary N) is 1. The van der Waals surface area contributed by atoms with Crippen molar-refractivity contribution in [1.82, 2.24) is 10.3 Å². The van der Waals surface area contributed by atoms with Crippen molar-refractivity contribution in [3.05, 3.63) is 89.0 Å². The molecule has 9 nitrogen and oxygen atoms in total. The summed E-state index contributed by atoms with van der Waals surface area (Å²) in [5.41, 5.74) is 4.42. The Morgan fingerprint density at radius 3 is 2.73 bits per heavy atom. The number of amides is 2. The quantitative estimate of drug-likeness (QED) is 0.410. The van der Waals surface area contributed by atoms with Gasteiger partial charge in [-0.25, -0.2) is 9.78 Å². The van der Waals surface area contributed by atoms with Gasteiger partial charge in [-0.1, -0.05) is 24.3 Å². The number of esters is 1. The smallest absolute Gasteiger partial charge is 0.339 e. The highest BCUT2D eigenvalue weighted by Gasteiger charge is 2.28. The minimum atomic E-state index is -0.756. The normalized spacial score (nSPS) is 14.5. The van der Waals surface area contributed by atoms with Gasteiger partial charge < -0.3 is 18.6 Å². The van der Waals surface area contributed by atoms with E-state index in [0.717, 1.165) is 22.4 Å². The highest BCUT2D eigenvalue weighted by Crippen LogP contribution is 2.39. The Balaban J connectivity index is 1.28. The fourth-order valence-corrected chi connectivity index (χ4v) is 4.55. The molecule has 184 valence electrons. The molecule has 1 N–H and O–H groups in total. The molecule has 0 saturated heterocycles. The van der Waals surface area contributed by atoms with Gasteiger partial charge in [-0.05, 0) is 65.9 Å². The van der Waals surface area contributed by atoms with Crippen molar-refractivity contribution >= 4 is 40.3 Å². The number of furan rings is 1. The van der Waals surface area contributed by atoms with Crippen LogP contribution in [0.25, 0.3) is 22.6 Å². The Labute approximate surface area is 210 Å². The van der Waals surface area contributed by atoms with E-state index < -0.39 is 24.4 Å². The molecule has 1 aliphatic carbocycles. The number of fused-ring (bicyclic) bond motifs is 3. The van der Waals surface area contributed by atoms with E-state index in [1.807, 2.05) is 42.5 Å². The third-order valence-electron chi connectivity index (χ3n) is 6.22. The minimum absolute atomic E-state index is 0.0144. The zero-order valence-electron chi connectivity index (χ0n) is 19.5. The molecule has 4 aromatic rings. The highest BCUT2D eigenvalue weighted by molar-refractivity contribution is 6.08. The number of ether oxygens (including phenoxy) is 3. The van der Waals surface area contributed by atoms with Crippen molar-refractivity contribution in [3.63, 3.8) is 0 Å². The monoisotopic (exact) mass is 496 g/mol. The lowest BCUT2D eigenvalue weighted by Gasteiger charge is -2.12. The number of hydrogen-bond acceptors (Lipinski definition) is 8. The lowest BCUT2D eigenvalue weighted by Crippen LogP contribution is -2.34. The van der Waals surface area contributed by atoms with Crippen LogP contribution in [0.3, 0.4) is 0 Å². The molecule has 0 atom stereocenters. The number of pyridine rings is 1. The van der Waals surface area contributed by atoms with Crippen LogP contribution in [0, 0.1) is 0 Å². The van der Waals surface area contributed by atoms with Crippen LogP contribution < -0.4 is 14.8 Å². The largest absolute Gasteiger partial charge is 0.459 e. The SMILES string of the molecule is O=C(COC(=O)c1c2c(nc3ccccc13)/C(=C/c1ccc3c(c1)OCO3)CC2)NC(=O)c1ccco1. The van der Waals surface area contributed by atoms with Crippen LogP contribution in [0.15, 0.2) is 65.3 Å². The molecule has 2 amide bonds. The van der Waals surface area contributed by atoms with Crippen molar-refractivity contribution in [3.8, 4) is 11.5 Å². The van der Waals surface area contributed by atoms with Gasteiger partial charge in [-0.3, -0.25) is 14.9 Å². The maximum Gasteiger partial charge on any atom is 0.339 e. The molecule has 37 heavy (non-hydrogen) atoms. The van der Waals surface area contributed by atoms with E-state index >= 15 is 0 Å². The molecule has 2 aromatic carbocycles. The molecule has 0 fully saturated rings. The summed E-state index contributed by atoms with van der Waals surface area (Å²) in [6, 6.07) is 16.0. The van der Waals surface area contributed by atoms with E-state index in [1.54, 1.807) is 6.07 Å². The number of imide groups is 1. The molecular formula is C28H20N2O7. The summed E-state index contributed by atoms with van der Waals surface area (Å²) in [7, 11) is 0. The van der Waals surface area contributed by atoms with E-state index in [2.05, 4.69) is 5.32 Å². The summed E-state index contributed by atoms with van der Waals surface area (Å²) in [4.78, 5) is 42.3. The molecule has 0 radical (unpaired) electrons. The first kappa shape index (κ1) is 22.5. The summed E-state index contributed by atoms with van der Waals surface area (Å²) in [6.07, 6.45) is 4.63. The second-order valence-corrected chi connectivity index (χ2v) is 8.54. The van der Waals surface area contributed by atoms with Gasteiger partial charge in [-0.15, -0.1) is 0 Å². The topological polar surface area (TPSA) is 117 Å². The second kappa shape index (κ2) is 9.27. The maximum atomic E-state index is 13.2. The Morgan fingerprint density at radius 2 is 1.86 bits per heavy atom. The number of rotatable bonds is 5. The van der Waals surface area contributed by atoms with Crippen LogP contribution in [0.2, 0.25) is 0 Å². The van der Waals surface area contributed by atoms with Crippen LogP contribution in [-0.2, 0) is 16.0 Å². The van der Waals surface area contributed by atoms with E-state index in [0.29, 0.717) is 40.8 Å². The Kier molecular flexibility index (Phi) is 5.65. The number of hydrogen-bond donors (Lipinski definition) is 1. The molecule has 1 aliphatic heterocycles. The molecule has 6 rings (SSSR count). The Morgan fingerprint density at radius 1 is 1.00 bits per heavy atom. The van der Waals surface area contributed by atoms with Gasteiger partial charge >= 0.3 is 5.97 Å². The number of carbonyl (C=O) groups excluding carboxylic acids is 3. The zero-order chi connectivity index (χ0) is 25.4. The van der Waals surface area contributed by atoms with Gasteiger partial charge in [0.1, 0.15) is 0 Å². The molecule has 0 saturated carbocycles. The number of carbonyl (C=O) groups is 3. The summed E-state index contributed by atoms with van der Waals surface area (Å²) < 4.78 is 21.2. The van der Waals surface area contributed by atoms with E-state index in [-0.39, 0.29) is 12.6 Å². The van der Waals surface area contributed by atoms with Crippen molar-refractivity contribution in [2.45, 2.75) is 12.8 Å². The molecule has 2 aliphatic rings. The summed E-state index contributed by atoms with van der Waals surface area (Å²) in [5, 5.41) is 2.78. The Hall–Kier alpha value is -4.92. The van der Waals surface area contributed by atoms with Crippen LogP contribution in [0.5, 0.6) is 11.5 Å². The number of benzene rings is 2. The fourth-order valence-electron chi connectivity index (χ4n) is 4.55. The lowest BCUT2D eigenvalue weighted by atomic mass is 10.0. The Bertz CT molecular complexity index is 1590. The predicted octanol–water partition coefficient (Wildman–Crippen LogP) is 4.16. The van der Waals surface area contributed by atoms with E-state index in [9.17, 15) is 14.4 Å². The molecule has 2 aromatic heterocycles. The first-order valence-corrected chi connectivity index (χ1v) is 11.6.